The lowest BCUT2D eigenvalue weighted by molar-refractivity contribution is 0.0955. The Balaban J connectivity index is 1.77. The molecule has 25 heavy (non-hydrogen) atoms. The summed E-state index contributed by atoms with van der Waals surface area (Å²) in [7, 11) is 0. The zero-order valence-electron chi connectivity index (χ0n) is 15.0. The zero-order chi connectivity index (χ0) is 17.9. The SMILES string of the molecule is CCCCCCOc1ccc(C=NNC(=O)c2ccc(C)cc2)cc1. The van der Waals surface area contributed by atoms with Crippen LogP contribution in [0.2, 0.25) is 0 Å². The number of unbranched alkanes of at least 4 members (excludes halogenated alkanes) is 3. The zero-order valence-corrected chi connectivity index (χ0v) is 15.0. The fourth-order valence-corrected chi connectivity index (χ4v) is 2.30. The molecule has 0 spiro atoms. The predicted molar refractivity (Wildman–Crippen MR) is 102 cm³/mol. The Kier molecular flexibility index (Phi) is 7.70. The number of nitrogens with zero attached hydrogens (tertiary/aromatic N) is 1. The molecule has 0 aliphatic rings. The van der Waals surface area contributed by atoms with Crippen molar-refractivity contribution in [1.82, 2.24) is 5.43 Å². The molecule has 0 atom stereocenters. The van der Waals surface area contributed by atoms with Crippen molar-refractivity contribution in [2.75, 3.05) is 6.61 Å². The standard InChI is InChI=1S/C21H26N2O2/c1-3-4-5-6-15-25-20-13-9-18(10-14-20)16-22-23-21(24)19-11-7-17(2)8-12-19/h7-14,16H,3-6,15H2,1-2H3,(H,23,24). The molecule has 2 rings (SSSR count). The minimum Gasteiger partial charge on any atom is -0.494 e. The van der Waals surface area contributed by atoms with E-state index in [0.717, 1.165) is 29.9 Å². The van der Waals surface area contributed by atoms with Gasteiger partial charge in [-0.25, -0.2) is 5.43 Å². The first kappa shape index (κ1) is 18.7. The molecule has 0 heterocycles. The number of nitrogens with one attached hydrogen (secondary N) is 1. The molecule has 2 aromatic rings. The van der Waals surface area contributed by atoms with E-state index in [-0.39, 0.29) is 5.91 Å². The first-order chi connectivity index (χ1) is 12.2. The van der Waals surface area contributed by atoms with Crippen LogP contribution >= 0.6 is 0 Å². The highest BCUT2D eigenvalue weighted by atomic mass is 16.5. The van der Waals surface area contributed by atoms with Gasteiger partial charge in [-0.2, -0.15) is 5.10 Å². The van der Waals surface area contributed by atoms with Crippen LogP contribution in [0.1, 0.15) is 54.1 Å². The molecular weight excluding hydrogens is 312 g/mol. The van der Waals surface area contributed by atoms with E-state index in [4.69, 9.17) is 4.74 Å². The number of aryl methyl sites for hydroxylation is 1. The second-order valence-electron chi connectivity index (χ2n) is 6.04. The summed E-state index contributed by atoms with van der Waals surface area (Å²) in [5.41, 5.74) is 5.15. The van der Waals surface area contributed by atoms with E-state index in [0.29, 0.717) is 5.56 Å². The number of benzene rings is 2. The van der Waals surface area contributed by atoms with Crippen LogP contribution in [0.5, 0.6) is 5.75 Å². The lowest BCUT2D eigenvalue weighted by Gasteiger charge is -2.06. The van der Waals surface area contributed by atoms with Gasteiger partial charge in [0.1, 0.15) is 5.75 Å². The topological polar surface area (TPSA) is 50.7 Å². The summed E-state index contributed by atoms with van der Waals surface area (Å²) < 4.78 is 5.70. The highest BCUT2D eigenvalue weighted by Gasteiger charge is 2.02. The molecule has 1 N–H and O–H groups in total. The van der Waals surface area contributed by atoms with E-state index in [1.165, 1.54) is 19.3 Å². The van der Waals surface area contributed by atoms with Crippen molar-refractivity contribution in [3.63, 3.8) is 0 Å². The van der Waals surface area contributed by atoms with Gasteiger partial charge in [0.2, 0.25) is 0 Å². The van der Waals surface area contributed by atoms with Gasteiger partial charge in [-0.05, 0) is 55.3 Å². The van der Waals surface area contributed by atoms with Crippen molar-refractivity contribution < 1.29 is 9.53 Å². The molecule has 0 aliphatic heterocycles. The number of hydrazone groups is 1. The molecule has 0 radical (unpaired) electrons. The van der Waals surface area contributed by atoms with Crippen molar-refractivity contribution >= 4 is 12.1 Å². The number of amides is 1. The van der Waals surface area contributed by atoms with E-state index in [1.54, 1.807) is 18.3 Å². The van der Waals surface area contributed by atoms with Gasteiger partial charge in [0.25, 0.3) is 5.91 Å². The molecule has 0 unspecified atom stereocenters. The lowest BCUT2D eigenvalue weighted by Crippen LogP contribution is -2.17. The Bertz CT molecular complexity index is 676. The van der Waals surface area contributed by atoms with Crippen molar-refractivity contribution in [3.05, 3.63) is 65.2 Å². The maximum atomic E-state index is 11.9. The third-order valence-electron chi connectivity index (χ3n) is 3.84. The second kappa shape index (κ2) is 10.3. The first-order valence-corrected chi connectivity index (χ1v) is 8.82. The highest BCUT2D eigenvalue weighted by Crippen LogP contribution is 2.12. The van der Waals surface area contributed by atoms with Gasteiger partial charge in [-0.3, -0.25) is 4.79 Å². The Morgan fingerprint density at radius 2 is 1.76 bits per heavy atom. The summed E-state index contributed by atoms with van der Waals surface area (Å²) >= 11 is 0. The fourth-order valence-electron chi connectivity index (χ4n) is 2.30. The predicted octanol–water partition coefficient (Wildman–Crippen LogP) is 4.72. The van der Waals surface area contributed by atoms with Gasteiger partial charge < -0.3 is 4.74 Å². The molecule has 4 nitrogen and oxygen atoms in total. The number of carbonyl (C=O) groups is 1. The van der Waals surface area contributed by atoms with Gasteiger partial charge >= 0.3 is 0 Å². The largest absolute Gasteiger partial charge is 0.494 e. The van der Waals surface area contributed by atoms with E-state index >= 15 is 0 Å². The third kappa shape index (κ3) is 6.79. The Hall–Kier alpha value is -2.62. The molecular formula is C21H26N2O2. The molecule has 132 valence electrons. The van der Waals surface area contributed by atoms with Crippen LogP contribution in [0.25, 0.3) is 0 Å². The summed E-state index contributed by atoms with van der Waals surface area (Å²) in [6.45, 7) is 4.93. The van der Waals surface area contributed by atoms with Crippen LogP contribution in [0.3, 0.4) is 0 Å². The van der Waals surface area contributed by atoms with Gasteiger partial charge in [0, 0.05) is 5.56 Å². The van der Waals surface area contributed by atoms with E-state index in [2.05, 4.69) is 17.5 Å². The lowest BCUT2D eigenvalue weighted by atomic mass is 10.1. The molecule has 4 heteroatoms. The number of ether oxygens (including phenoxy) is 1. The van der Waals surface area contributed by atoms with Gasteiger partial charge in [-0.15, -0.1) is 0 Å². The molecule has 1 amide bonds. The smallest absolute Gasteiger partial charge is 0.271 e. The maximum absolute atomic E-state index is 11.9. The third-order valence-corrected chi connectivity index (χ3v) is 3.84. The minimum atomic E-state index is -0.219. The van der Waals surface area contributed by atoms with E-state index < -0.39 is 0 Å². The highest BCUT2D eigenvalue weighted by molar-refractivity contribution is 5.94. The number of rotatable bonds is 9. The van der Waals surface area contributed by atoms with Crippen LogP contribution in [-0.2, 0) is 0 Å². The molecule has 0 saturated heterocycles. The summed E-state index contributed by atoms with van der Waals surface area (Å²) in [6.07, 6.45) is 6.41. The first-order valence-electron chi connectivity index (χ1n) is 8.82. The summed E-state index contributed by atoms with van der Waals surface area (Å²) in [5.74, 6) is 0.639. The van der Waals surface area contributed by atoms with Crippen molar-refractivity contribution in [2.24, 2.45) is 5.10 Å². The second-order valence-corrected chi connectivity index (χ2v) is 6.04. The molecule has 0 saturated carbocycles. The normalized spacial score (nSPS) is 10.8. The van der Waals surface area contributed by atoms with Gasteiger partial charge in [0.15, 0.2) is 0 Å². The Labute approximate surface area is 149 Å². The van der Waals surface area contributed by atoms with Crippen LogP contribution in [0, 0.1) is 6.92 Å². The van der Waals surface area contributed by atoms with Crippen molar-refractivity contribution in [2.45, 2.75) is 39.5 Å². The van der Waals surface area contributed by atoms with Crippen LogP contribution in [0.4, 0.5) is 0 Å². The maximum Gasteiger partial charge on any atom is 0.271 e. The molecule has 0 bridgehead atoms. The quantitative estimate of drug-likeness (QED) is 0.409. The molecule has 0 aliphatic carbocycles. The van der Waals surface area contributed by atoms with Crippen LogP contribution < -0.4 is 10.2 Å². The van der Waals surface area contributed by atoms with Crippen molar-refractivity contribution in [1.29, 1.82) is 0 Å². The van der Waals surface area contributed by atoms with Crippen molar-refractivity contribution in [3.8, 4) is 5.75 Å². The Morgan fingerprint density at radius 1 is 1.04 bits per heavy atom. The number of hydrogen-bond donors (Lipinski definition) is 1. The minimum absolute atomic E-state index is 0.219. The molecule has 0 aromatic heterocycles. The van der Waals surface area contributed by atoms with Gasteiger partial charge in [0.05, 0.1) is 12.8 Å². The van der Waals surface area contributed by atoms with Crippen LogP contribution in [-0.4, -0.2) is 18.7 Å². The number of carbonyl (C=O) groups excluding carboxylic acids is 1. The molecule has 0 fully saturated rings. The van der Waals surface area contributed by atoms with E-state index in [9.17, 15) is 4.79 Å². The monoisotopic (exact) mass is 338 g/mol. The van der Waals surface area contributed by atoms with E-state index in [1.807, 2.05) is 43.3 Å². The average Bonchev–Trinajstić information content (AvgIpc) is 2.63. The van der Waals surface area contributed by atoms with Crippen LogP contribution in [0.15, 0.2) is 53.6 Å². The van der Waals surface area contributed by atoms with Gasteiger partial charge in [-0.1, -0.05) is 43.9 Å². The summed E-state index contributed by atoms with van der Waals surface area (Å²) in [6, 6.07) is 15.1. The summed E-state index contributed by atoms with van der Waals surface area (Å²) in [4.78, 5) is 11.9. The average molecular weight is 338 g/mol. The fraction of sp³-hybridized carbons (Fsp3) is 0.333. The summed E-state index contributed by atoms with van der Waals surface area (Å²) in [5, 5.41) is 4.00. The molecule has 2 aromatic carbocycles. The Morgan fingerprint density at radius 3 is 2.44 bits per heavy atom. The number of hydrogen-bond acceptors (Lipinski definition) is 3.